The molecule has 0 atom stereocenters. The number of rotatable bonds is 4. The van der Waals surface area contributed by atoms with Crippen LogP contribution in [0.25, 0.3) is 27.8 Å². The SMILES string of the molecule is COc1ccc(C(=O)Nn2ccc3c(nnc4c(-c5ccc(F)cc5)c(C)nn43)c2=O)cc1. The van der Waals surface area contributed by atoms with Gasteiger partial charge in [0.2, 0.25) is 0 Å². The first-order valence-corrected chi connectivity index (χ1v) is 9.95. The Bertz CT molecular complexity index is 1570. The Kier molecular flexibility index (Phi) is 4.82. The van der Waals surface area contributed by atoms with Gasteiger partial charge in [0.05, 0.1) is 18.4 Å². The molecule has 3 heterocycles. The number of benzene rings is 2. The summed E-state index contributed by atoms with van der Waals surface area (Å²) in [5.41, 5.74) is 5.33. The quantitative estimate of drug-likeness (QED) is 0.457. The van der Waals surface area contributed by atoms with Crippen LogP contribution in [0.1, 0.15) is 16.1 Å². The van der Waals surface area contributed by atoms with Crippen molar-refractivity contribution in [3.63, 3.8) is 0 Å². The van der Waals surface area contributed by atoms with E-state index in [0.29, 0.717) is 33.7 Å². The van der Waals surface area contributed by atoms with E-state index in [9.17, 15) is 14.0 Å². The van der Waals surface area contributed by atoms with Gasteiger partial charge in [0.25, 0.3) is 11.5 Å². The third kappa shape index (κ3) is 3.47. The lowest BCUT2D eigenvalue weighted by molar-refractivity contribution is 0.101. The Morgan fingerprint density at radius 3 is 2.45 bits per heavy atom. The third-order valence-electron chi connectivity index (χ3n) is 5.26. The van der Waals surface area contributed by atoms with Crippen LogP contribution in [0.15, 0.2) is 65.6 Å². The van der Waals surface area contributed by atoms with Crippen molar-refractivity contribution >= 4 is 22.6 Å². The second-order valence-electron chi connectivity index (χ2n) is 7.30. The largest absolute Gasteiger partial charge is 0.497 e. The van der Waals surface area contributed by atoms with E-state index in [-0.39, 0.29) is 11.3 Å². The topological polar surface area (TPSA) is 103 Å². The van der Waals surface area contributed by atoms with Crippen molar-refractivity contribution in [3.8, 4) is 16.9 Å². The van der Waals surface area contributed by atoms with Gasteiger partial charge in [-0.15, -0.1) is 10.2 Å². The lowest BCUT2D eigenvalue weighted by atomic mass is 10.1. The number of hydrogen-bond acceptors (Lipinski definition) is 6. The number of methoxy groups -OCH3 is 1. The van der Waals surface area contributed by atoms with Crippen molar-refractivity contribution in [2.45, 2.75) is 6.92 Å². The number of hydrogen-bond donors (Lipinski definition) is 1. The number of aryl methyl sites for hydroxylation is 1. The predicted molar refractivity (Wildman–Crippen MR) is 119 cm³/mol. The maximum atomic E-state index is 13.3. The molecule has 1 N–H and O–H groups in total. The Balaban J connectivity index is 1.55. The molecule has 5 aromatic rings. The average Bonchev–Trinajstić information content (AvgIpc) is 3.17. The second-order valence-corrected chi connectivity index (χ2v) is 7.30. The fourth-order valence-corrected chi connectivity index (χ4v) is 3.61. The summed E-state index contributed by atoms with van der Waals surface area (Å²) in [6.45, 7) is 1.80. The van der Waals surface area contributed by atoms with E-state index < -0.39 is 11.5 Å². The molecule has 0 saturated carbocycles. The van der Waals surface area contributed by atoms with Gasteiger partial charge in [0.15, 0.2) is 11.2 Å². The molecule has 0 aliphatic carbocycles. The zero-order valence-electron chi connectivity index (χ0n) is 17.6. The normalized spacial score (nSPS) is 11.1. The summed E-state index contributed by atoms with van der Waals surface area (Å²) in [4.78, 5) is 25.5. The Hall–Kier alpha value is -4.60. The molecule has 164 valence electrons. The van der Waals surface area contributed by atoms with Crippen molar-refractivity contribution < 1.29 is 13.9 Å². The van der Waals surface area contributed by atoms with Gasteiger partial charge in [-0.2, -0.15) is 5.10 Å². The van der Waals surface area contributed by atoms with E-state index in [4.69, 9.17) is 4.74 Å². The number of pyridine rings is 1. The molecule has 1 amide bonds. The number of halogens is 1. The summed E-state index contributed by atoms with van der Waals surface area (Å²) >= 11 is 0. The van der Waals surface area contributed by atoms with Crippen LogP contribution in [0, 0.1) is 12.7 Å². The van der Waals surface area contributed by atoms with Crippen molar-refractivity contribution in [3.05, 3.63) is 88.2 Å². The van der Waals surface area contributed by atoms with Gasteiger partial charge in [-0.3, -0.25) is 15.0 Å². The molecule has 0 aliphatic heterocycles. The molecule has 0 aliphatic rings. The van der Waals surface area contributed by atoms with Gasteiger partial charge >= 0.3 is 0 Å². The van der Waals surface area contributed by atoms with Crippen LogP contribution < -0.4 is 15.7 Å². The monoisotopic (exact) mass is 444 g/mol. The van der Waals surface area contributed by atoms with Gasteiger partial charge in [-0.1, -0.05) is 12.1 Å². The number of nitrogens with one attached hydrogen (secondary N) is 1. The Morgan fingerprint density at radius 1 is 1.03 bits per heavy atom. The Labute approximate surface area is 186 Å². The molecule has 0 bridgehead atoms. The van der Waals surface area contributed by atoms with Crippen molar-refractivity contribution in [1.29, 1.82) is 0 Å². The Morgan fingerprint density at radius 2 is 1.76 bits per heavy atom. The molecule has 33 heavy (non-hydrogen) atoms. The first-order chi connectivity index (χ1) is 16.0. The van der Waals surface area contributed by atoms with E-state index in [1.807, 2.05) is 0 Å². The minimum Gasteiger partial charge on any atom is -0.497 e. The van der Waals surface area contributed by atoms with E-state index >= 15 is 0 Å². The third-order valence-corrected chi connectivity index (χ3v) is 5.26. The highest BCUT2D eigenvalue weighted by atomic mass is 19.1. The smallest absolute Gasteiger partial charge is 0.299 e. The number of carbonyl (C=O) groups is 1. The molecule has 0 unspecified atom stereocenters. The first-order valence-electron chi connectivity index (χ1n) is 9.95. The molecule has 0 radical (unpaired) electrons. The summed E-state index contributed by atoms with van der Waals surface area (Å²) in [5.74, 6) is -0.202. The highest BCUT2D eigenvalue weighted by Crippen LogP contribution is 2.28. The number of amides is 1. The molecule has 2 aromatic carbocycles. The summed E-state index contributed by atoms with van der Waals surface area (Å²) in [6.07, 6.45) is 1.43. The number of aromatic nitrogens is 5. The average molecular weight is 444 g/mol. The predicted octanol–water partition coefficient (Wildman–Crippen LogP) is 2.95. The molecule has 0 saturated heterocycles. The van der Waals surface area contributed by atoms with Crippen molar-refractivity contribution in [1.82, 2.24) is 24.5 Å². The second kappa shape index (κ2) is 7.83. The molecule has 0 fully saturated rings. The molecule has 9 nitrogen and oxygen atoms in total. The summed E-state index contributed by atoms with van der Waals surface area (Å²) in [7, 11) is 1.53. The van der Waals surface area contributed by atoms with Gasteiger partial charge in [0, 0.05) is 11.8 Å². The van der Waals surface area contributed by atoms with E-state index in [1.165, 1.54) is 30.0 Å². The van der Waals surface area contributed by atoms with Crippen LogP contribution in [0.4, 0.5) is 4.39 Å². The molecule has 5 rings (SSSR count). The number of nitrogens with zero attached hydrogens (tertiary/aromatic N) is 5. The van der Waals surface area contributed by atoms with E-state index in [2.05, 4.69) is 20.7 Å². The molecular weight excluding hydrogens is 427 g/mol. The lowest BCUT2D eigenvalue weighted by Crippen LogP contribution is -2.33. The van der Waals surface area contributed by atoms with Crippen LogP contribution in [-0.4, -0.2) is 37.5 Å². The molecule has 3 aromatic heterocycles. The maximum absolute atomic E-state index is 13.3. The number of fused-ring (bicyclic) bond motifs is 3. The zero-order valence-corrected chi connectivity index (χ0v) is 17.6. The van der Waals surface area contributed by atoms with Crippen LogP contribution in [0.5, 0.6) is 5.75 Å². The summed E-state index contributed by atoms with van der Waals surface area (Å²) < 4.78 is 21.0. The number of ether oxygens (including phenoxy) is 1. The van der Waals surface area contributed by atoms with Crippen molar-refractivity contribution in [2.75, 3.05) is 12.5 Å². The minimum atomic E-state index is -0.555. The molecular formula is C23H17FN6O3. The zero-order chi connectivity index (χ0) is 23.1. The first kappa shape index (κ1) is 20.3. The lowest BCUT2D eigenvalue weighted by Gasteiger charge is -2.09. The van der Waals surface area contributed by atoms with Gasteiger partial charge in [0.1, 0.15) is 17.1 Å². The van der Waals surface area contributed by atoms with E-state index in [1.54, 1.807) is 49.4 Å². The van der Waals surface area contributed by atoms with Gasteiger partial charge in [-0.05, 0) is 55.0 Å². The number of carbonyl (C=O) groups excluding carboxylic acids is 1. The van der Waals surface area contributed by atoms with Crippen LogP contribution in [-0.2, 0) is 0 Å². The summed E-state index contributed by atoms with van der Waals surface area (Å²) in [5, 5.41) is 12.8. The maximum Gasteiger partial charge on any atom is 0.299 e. The van der Waals surface area contributed by atoms with Gasteiger partial charge < -0.3 is 4.74 Å². The summed E-state index contributed by atoms with van der Waals surface area (Å²) in [6, 6.07) is 14.1. The van der Waals surface area contributed by atoms with Crippen LogP contribution >= 0.6 is 0 Å². The molecule has 0 spiro atoms. The standard InChI is InChI=1S/C23H17FN6O3/c1-13-19(14-3-7-16(24)8-4-14)21-26-25-20-18(30(21)27-13)11-12-29(23(20)32)28-22(31)15-5-9-17(33-2)10-6-15/h3-12H,1-2H3,(H,28,31). The van der Waals surface area contributed by atoms with Crippen LogP contribution in [0.2, 0.25) is 0 Å². The van der Waals surface area contributed by atoms with E-state index in [0.717, 1.165) is 10.2 Å². The van der Waals surface area contributed by atoms with Gasteiger partial charge in [-0.25, -0.2) is 13.6 Å². The fourth-order valence-electron chi connectivity index (χ4n) is 3.61. The molecule has 10 heteroatoms. The highest BCUT2D eigenvalue weighted by Gasteiger charge is 2.18. The minimum absolute atomic E-state index is 0.0354. The van der Waals surface area contributed by atoms with Crippen molar-refractivity contribution in [2.24, 2.45) is 0 Å². The van der Waals surface area contributed by atoms with Crippen LogP contribution in [0.3, 0.4) is 0 Å². The fraction of sp³-hybridized carbons (Fsp3) is 0.0870. The highest BCUT2D eigenvalue weighted by molar-refractivity contribution is 6.00.